The van der Waals surface area contributed by atoms with E-state index in [-0.39, 0.29) is 24.4 Å². The maximum atomic E-state index is 5.90. The van der Waals surface area contributed by atoms with Gasteiger partial charge in [0.05, 0.1) is 18.3 Å². The maximum Gasteiger partial charge on any atom is 0.163 e. The van der Waals surface area contributed by atoms with E-state index in [1.165, 1.54) is 0 Å². The maximum absolute atomic E-state index is 5.90. The standard InChI is InChI=1S/C11H20O3/c1-6-7(2)12-8(3)10-9(6)13-11(4,5)14-10/h6-10H,1-5H3/t6-,7?,8-,9-,10?/m0/s1. The van der Waals surface area contributed by atoms with Crippen LogP contribution in [0.5, 0.6) is 0 Å². The molecule has 2 rings (SSSR count). The summed E-state index contributed by atoms with van der Waals surface area (Å²) in [5.74, 6) is -0.0522. The summed E-state index contributed by atoms with van der Waals surface area (Å²) >= 11 is 0. The fourth-order valence-corrected chi connectivity index (χ4v) is 2.39. The lowest BCUT2D eigenvalue weighted by molar-refractivity contribution is -0.155. The number of fused-ring (bicyclic) bond motifs is 1. The van der Waals surface area contributed by atoms with Crippen LogP contribution in [0.4, 0.5) is 0 Å². The van der Waals surface area contributed by atoms with Crippen molar-refractivity contribution >= 4 is 0 Å². The third-order valence-corrected chi connectivity index (χ3v) is 3.31. The lowest BCUT2D eigenvalue weighted by Gasteiger charge is -2.38. The quantitative estimate of drug-likeness (QED) is 0.598. The van der Waals surface area contributed by atoms with Crippen molar-refractivity contribution in [2.24, 2.45) is 5.92 Å². The minimum atomic E-state index is -0.453. The molecule has 0 bridgehead atoms. The second kappa shape index (κ2) is 3.19. The molecule has 0 aromatic rings. The number of rotatable bonds is 0. The van der Waals surface area contributed by atoms with E-state index in [2.05, 4.69) is 20.8 Å². The van der Waals surface area contributed by atoms with Gasteiger partial charge in [0.25, 0.3) is 0 Å². The molecule has 0 radical (unpaired) electrons. The zero-order valence-corrected chi connectivity index (χ0v) is 9.61. The Kier molecular flexibility index (Phi) is 2.37. The van der Waals surface area contributed by atoms with Crippen LogP contribution in [-0.4, -0.2) is 30.2 Å². The van der Waals surface area contributed by atoms with E-state index in [9.17, 15) is 0 Å². The Hall–Kier alpha value is -0.120. The second-order valence-electron chi connectivity index (χ2n) is 4.97. The molecule has 0 spiro atoms. The molecule has 82 valence electrons. The van der Waals surface area contributed by atoms with Gasteiger partial charge in [-0.25, -0.2) is 0 Å². The van der Waals surface area contributed by atoms with Crippen molar-refractivity contribution in [1.82, 2.24) is 0 Å². The van der Waals surface area contributed by atoms with Crippen molar-refractivity contribution < 1.29 is 14.2 Å². The molecule has 14 heavy (non-hydrogen) atoms. The van der Waals surface area contributed by atoms with Crippen LogP contribution in [0, 0.1) is 5.92 Å². The highest BCUT2D eigenvalue weighted by molar-refractivity contribution is 4.94. The van der Waals surface area contributed by atoms with Crippen LogP contribution < -0.4 is 0 Å². The lowest BCUT2D eigenvalue weighted by Crippen LogP contribution is -2.49. The van der Waals surface area contributed by atoms with Gasteiger partial charge in [0.1, 0.15) is 6.10 Å². The fraction of sp³-hybridized carbons (Fsp3) is 1.00. The van der Waals surface area contributed by atoms with Crippen molar-refractivity contribution in [2.45, 2.75) is 64.8 Å². The van der Waals surface area contributed by atoms with E-state index >= 15 is 0 Å². The van der Waals surface area contributed by atoms with Crippen LogP contribution in [0.15, 0.2) is 0 Å². The van der Waals surface area contributed by atoms with Crippen LogP contribution in [-0.2, 0) is 14.2 Å². The molecule has 2 aliphatic rings. The molecule has 5 atom stereocenters. The Morgan fingerprint density at radius 2 is 1.43 bits per heavy atom. The van der Waals surface area contributed by atoms with Crippen molar-refractivity contribution in [3.8, 4) is 0 Å². The highest BCUT2D eigenvalue weighted by atomic mass is 16.8. The van der Waals surface area contributed by atoms with Gasteiger partial charge >= 0.3 is 0 Å². The molecule has 2 unspecified atom stereocenters. The van der Waals surface area contributed by atoms with E-state index < -0.39 is 5.79 Å². The van der Waals surface area contributed by atoms with Gasteiger partial charge in [-0.1, -0.05) is 6.92 Å². The first-order valence-corrected chi connectivity index (χ1v) is 5.42. The summed E-state index contributed by atoms with van der Waals surface area (Å²) in [6, 6.07) is 0. The van der Waals surface area contributed by atoms with Gasteiger partial charge in [-0.2, -0.15) is 0 Å². The van der Waals surface area contributed by atoms with Gasteiger partial charge in [-0.05, 0) is 27.7 Å². The SMILES string of the molecule is CC1O[C@@H](C)C2OC(C)(C)O[C@H]2[C@H]1C. The van der Waals surface area contributed by atoms with Gasteiger partial charge in [0, 0.05) is 5.92 Å². The van der Waals surface area contributed by atoms with Crippen molar-refractivity contribution in [1.29, 1.82) is 0 Å². The Morgan fingerprint density at radius 3 is 2.07 bits per heavy atom. The van der Waals surface area contributed by atoms with E-state index in [1.54, 1.807) is 0 Å². The minimum Gasteiger partial charge on any atom is -0.372 e. The number of ether oxygens (including phenoxy) is 3. The third kappa shape index (κ3) is 1.58. The number of hydrogen-bond donors (Lipinski definition) is 0. The van der Waals surface area contributed by atoms with Gasteiger partial charge in [-0.3, -0.25) is 0 Å². The summed E-state index contributed by atoms with van der Waals surface area (Å²) in [4.78, 5) is 0. The highest BCUT2D eigenvalue weighted by Gasteiger charge is 2.51. The van der Waals surface area contributed by atoms with E-state index in [0.29, 0.717) is 5.92 Å². The molecule has 2 heterocycles. The Balaban J connectivity index is 2.18. The van der Waals surface area contributed by atoms with E-state index in [4.69, 9.17) is 14.2 Å². The summed E-state index contributed by atoms with van der Waals surface area (Å²) in [6.45, 7) is 10.3. The molecule has 2 fully saturated rings. The molecule has 3 heteroatoms. The summed E-state index contributed by atoms with van der Waals surface area (Å²) in [7, 11) is 0. The third-order valence-electron chi connectivity index (χ3n) is 3.31. The zero-order valence-electron chi connectivity index (χ0n) is 9.61. The van der Waals surface area contributed by atoms with Gasteiger partial charge < -0.3 is 14.2 Å². The van der Waals surface area contributed by atoms with E-state index in [1.807, 2.05) is 13.8 Å². The zero-order chi connectivity index (χ0) is 10.5. The molecule has 0 aromatic carbocycles. The summed E-state index contributed by atoms with van der Waals surface area (Å²) in [6.07, 6.45) is 0.664. The summed E-state index contributed by atoms with van der Waals surface area (Å²) in [5.41, 5.74) is 0. The van der Waals surface area contributed by atoms with Gasteiger partial charge in [0.2, 0.25) is 0 Å². The van der Waals surface area contributed by atoms with Crippen LogP contribution in [0.2, 0.25) is 0 Å². The smallest absolute Gasteiger partial charge is 0.163 e. The van der Waals surface area contributed by atoms with Gasteiger partial charge in [0.15, 0.2) is 5.79 Å². The van der Waals surface area contributed by atoms with Crippen LogP contribution in [0.1, 0.15) is 34.6 Å². The first-order valence-electron chi connectivity index (χ1n) is 5.42. The molecular weight excluding hydrogens is 180 g/mol. The molecule has 0 aliphatic carbocycles. The largest absolute Gasteiger partial charge is 0.372 e. The normalized spacial score (nSPS) is 51.6. The van der Waals surface area contributed by atoms with E-state index in [0.717, 1.165) is 0 Å². The first kappa shape index (κ1) is 10.4. The molecule has 2 aliphatic heterocycles. The predicted octanol–water partition coefficient (Wildman–Crippen LogP) is 1.95. The van der Waals surface area contributed by atoms with Crippen LogP contribution >= 0.6 is 0 Å². The van der Waals surface area contributed by atoms with Gasteiger partial charge in [-0.15, -0.1) is 0 Å². The molecule has 0 aromatic heterocycles. The molecule has 3 nitrogen and oxygen atoms in total. The van der Waals surface area contributed by atoms with Crippen LogP contribution in [0.25, 0.3) is 0 Å². The number of hydrogen-bond acceptors (Lipinski definition) is 3. The summed E-state index contributed by atoms with van der Waals surface area (Å²) in [5, 5.41) is 0. The molecule has 2 saturated heterocycles. The average molecular weight is 200 g/mol. The van der Waals surface area contributed by atoms with Crippen molar-refractivity contribution in [3.05, 3.63) is 0 Å². The Morgan fingerprint density at radius 1 is 0.857 bits per heavy atom. The highest BCUT2D eigenvalue weighted by Crippen LogP contribution is 2.39. The topological polar surface area (TPSA) is 27.7 Å². The first-order chi connectivity index (χ1) is 6.41. The molecule has 0 N–H and O–H groups in total. The fourth-order valence-electron chi connectivity index (χ4n) is 2.39. The molecule has 0 saturated carbocycles. The average Bonchev–Trinajstić information content (AvgIpc) is 2.38. The van der Waals surface area contributed by atoms with Crippen molar-refractivity contribution in [3.63, 3.8) is 0 Å². The lowest BCUT2D eigenvalue weighted by atomic mass is 9.89. The molecular formula is C11H20O3. The van der Waals surface area contributed by atoms with Crippen LogP contribution in [0.3, 0.4) is 0 Å². The summed E-state index contributed by atoms with van der Waals surface area (Å²) < 4.78 is 17.5. The Bertz CT molecular complexity index is 227. The monoisotopic (exact) mass is 200 g/mol. The minimum absolute atomic E-state index is 0.0937. The predicted molar refractivity (Wildman–Crippen MR) is 53.0 cm³/mol. The molecule has 0 amide bonds. The van der Waals surface area contributed by atoms with Crippen molar-refractivity contribution in [2.75, 3.05) is 0 Å². The second-order valence-corrected chi connectivity index (χ2v) is 4.97. The Labute approximate surface area is 85.7 Å².